The highest BCUT2D eigenvalue weighted by Gasteiger charge is 2.28. The van der Waals surface area contributed by atoms with E-state index in [-0.39, 0.29) is 24.0 Å². The molecule has 0 saturated heterocycles. The highest BCUT2D eigenvalue weighted by Crippen LogP contribution is 2.21. The minimum Gasteiger partial charge on any atom is -0.491 e. The van der Waals surface area contributed by atoms with Crippen LogP contribution in [0.15, 0.2) is 23.2 Å². The molecular formula is C21H36F3IN4O2. The van der Waals surface area contributed by atoms with Crippen LogP contribution in [0.3, 0.4) is 0 Å². The van der Waals surface area contributed by atoms with Crippen molar-refractivity contribution in [2.75, 3.05) is 53.0 Å². The van der Waals surface area contributed by atoms with Gasteiger partial charge in [0.1, 0.15) is 12.4 Å². The lowest BCUT2D eigenvalue weighted by atomic mass is 10.1. The average molecular weight is 560 g/mol. The van der Waals surface area contributed by atoms with Gasteiger partial charge in [0.05, 0.1) is 19.7 Å². The van der Waals surface area contributed by atoms with E-state index in [1.54, 1.807) is 0 Å². The first kappa shape index (κ1) is 29.7. The third-order valence-corrected chi connectivity index (χ3v) is 4.12. The summed E-state index contributed by atoms with van der Waals surface area (Å²) in [5.41, 5.74) is 2.06. The minimum absolute atomic E-state index is 0. The number of benzene rings is 1. The summed E-state index contributed by atoms with van der Waals surface area (Å²) in [6.07, 6.45) is -3.59. The van der Waals surface area contributed by atoms with E-state index in [9.17, 15) is 13.2 Å². The minimum atomic E-state index is -4.17. The fraction of sp³-hybridized carbons (Fsp3) is 0.667. The van der Waals surface area contributed by atoms with Crippen molar-refractivity contribution in [3.63, 3.8) is 0 Å². The first-order chi connectivity index (χ1) is 14.2. The normalized spacial score (nSPS) is 11.9. The molecule has 0 atom stereocenters. The summed E-state index contributed by atoms with van der Waals surface area (Å²) in [6.45, 7) is 8.64. The lowest BCUT2D eigenvalue weighted by Gasteiger charge is -2.19. The van der Waals surface area contributed by atoms with Crippen LogP contribution in [0.1, 0.15) is 31.4 Å². The van der Waals surface area contributed by atoms with Gasteiger partial charge in [-0.25, -0.2) is 4.99 Å². The smallest absolute Gasteiger partial charge is 0.401 e. The fourth-order valence-corrected chi connectivity index (χ4v) is 2.73. The lowest BCUT2D eigenvalue weighted by Crippen LogP contribution is -2.39. The van der Waals surface area contributed by atoms with Gasteiger partial charge in [0, 0.05) is 25.3 Å². The van der Waals surface area contributed by atoms with E-state index in [1.165, 1.54) is 11.9 Å². The van der Waals surface area contributed by atoms with Crippen molar-refractivity contribution in [1.29, 1.82) is 0 Å². The molecule has 0 aliphatic rings. The molecule has 0 heterocycles. The predicted molar refractivity (Wildman–Crippen MR) is 130 cm³/mol. The molecule has 6 nitrogen and oxygen atoms in total. The van der Waals surface area contributed by atoms with E-state index in [1.807, 2.05) is 39.0 Å². The van der Waals surface area contributed by atoms with Gasteiger partial charge in [0.25, 0.3) is 0 Å². The first-order valence-corrected chi connectivity index (χ1v) is 10.3. The van der Waals surface area contributed by atoms with Crippen molar-refractivity contribution in [3.05, 3.63) is 29.3 Å². The largest absolute Gasteiger partial charge is 0.491 e. The zero-order valence-corrected chi connectivity index (χ0v) is 21.2. The molecule has 2 N–H and O–H groups in total. The molecule has 0 aliphatic heterocycles. The van der Waals surface area contributed by atoms with Gasteiger partial charge in [0.15, 0.2) is 5.96 Å². The molecule has 1 aromatic carbocycles. The van der Waals surface area contributed by atoms with Gasteiger partial charge in [-0.2, -0.15) is 13.2 Å². The Bertz CT molecular complexity index is 646. The van der Waals surface area contributed by atoms with Crippen LogP contribution in [0.5, 0.6) is 5.75 Å². The van der Waals surface area contributed by atoms with Crippen LogP contribution in [0.2, 0.25) is 0 Å². The molecule has 0 aromatic heterocycles. The van der Waals surface area contributed by atoms with Gasteiger partial charge >= 0.3 is 6.18 Å². The number of rotatable bonds is 13. The van der Waals surface area contributed by atoms with Crippen LogP contribution in [0.4, 0.5) is 13.2 Å². The Labute approximate surface area is 201 Å². The first-order valence-electron chi connectivity index (χ1n) is 10.3. The van der Waals surface area contributed by atoms with Crippen LogP contribution in [-0.2, 0) is 11.3 Å². The number of alkyl halides is 3. The molecule has 10 heteroatoms. The summed E-state index contributed by atoms with van der Waals surface area (Å²) in [6, 6.07) is 5.98. The maximum atomic E-state index is 12.4. The Morgan fingerprint density at radius 2 is 1.90 bits per heavy atom. The summed E-state index contributed by atoms with van der Waals surface area (Å²) in [5, 5.41) is 6.32. The lowest BCUT2D eigenvalue weighted by molar-refractivity contribution is -0.143. The Hall–Kier alpha value is -1.27. The van der Waals surface area contributed by atoms with E-state index < -0.39 is 12.7 Å². The molecule has 0 unspecified atom stereocenters. The Morgan fingerprint density at radius 3 is 2.55 bits per heavy atom. The molecule has 0 amide bonds. The Morgan fingerprint density at radius 1 is 1.16 bits per heavy atom. The summed E-state index contributed by atoms with van der Waals surface area (Å²) < 4.78 is 48.3. The number of halogens is 4. The number of hydrogen-bond donors (Lipinski definition) is 2. The quantitative estimate of drug-likeness (QED) is 0.166. The van der Waals surface area contributed by atoms with Crippen LogP contribution < -0.4 is 15.4 Å². The topological polar surface area (TPSA) is 58.1 Å². The SMILES string of the molecule is CCNC(=NCc1ccc(C)cc1OCCOCC)NCCCN(C)CC(F)(F)F.I. The second-order valence-electron chi connectivity index (χ2n) is 6.99. The second-order valence-corrected chi connectivity index (χ2v) is 6.99. The number of hydrogen-bond acceptors (Lipinski definition) is 4. The molecule has 31 heavy (non-hydrogen) atoms. The molecule has 0 aliphatic carbocycles. The van der Waals surface area contributed by atoms with Crippen LogP contribution in [0, 0.1) is 6.92 Å². The molecule has 0 radical (unpaired) electrons. The van der Waals surface area contributed by atoms with Crippen molar-refractivity contribution in [2.24, 2.45) is 4.99 Å². The number of guanidine groups is 1. The Kier molecular flexibility index (Phi) is 15.7. The van der Waals surface area contributed by atoms with Gasteiger partial charge in [0.2, 0.25) is 0 Å². The van der Waals surface area contributed by atoms with E-state index in [0.717, 1.165) is 16.9 Å². The standard InChI is InChI=1S/C21H35F3N4O2.HI/c1-5-25-20(26-10-7-11-28(4)16-21(22,23)24)27-15-18-9-8-17(3)14-19(18)30-13-12-29-6-2;/h8-9,14H,5-7,10-13,15-16H2,1-4H3,(H2,25,26,27);1H. The Balaban J connectivity index is 0.00000900. The van der Waals surface area contributed by atoms with Crippen molar-refractivity contribution in [2.45, 2.75) is 39.9 Å². The average Bonchev–Trinajstić information content (AvgIpc) is 2.66. The van der Waals surface area contributed by atoms with Crippen molar-refractivity contribution in [3.8, 4) is 5.75 Å². The zero-order valence-electron chi connectivity index (χ0n) is 18.8. The summed E-state index contributed by atoms with van der Waals surface area (Å²) in [5.74, 6) is 1.40. The third kappa shape index (κ3) is 14.4. The van der Waals surface area contributed by atoms with Crippen molar-refractivity contribution < 1.29 is 22.6 Å². The van der Waals surface area contributed by atoms with E-state index in [4.69, 9.17) is 9.47 Å². The molecular weight excluding hydrogens is 524 g/mol. The fourth-order valence-electron chi connectivity index (χ4n) is 2.73. The number of aliphatic imine (C=N–C) groups is 1. The molecule has 0 spiro atoms. The number of nitrogens with zero attached hydrogens (tertiary/aromatic N) is 2. The summed E-state index contributed by atoms with van der Waals surface area (Å²) in [7, 11) is 1.47. The maximum absolute atomic E-state index is 12.4. The zero-order chi connectivity index (χ0) is 22.4. The predicted octanol–water partition coefficient (Wildman–Crippen LogP) is 3.97. The highest BCUT2D eigenvalue weighted by molar-refractivity contribution is 14.0. The van der Waals surface area contributed by atoms with Gasteiger partial charge in [-0.3, -0.25) is 4.90 Å². The molecule has 180 valence electrons. The molecule has 0 bridgehead atoms. The van der Waals surface area contributed by atoms with Crippen LogP contribution >= 0.6 is 24.0 Å². The van der Waals surface area contributed by atoms with Crippen molar-refractivity contribution >= 4 is 29.9 Å². The number of nitrogens with one attached hydrogen (secondary N) is 2. The second kappa shape index (κ2) is 16.4. The molecule has 1 aromatic rings. The van der Waals surface area contributed by atoms with Crippen molar-refractivity contribution in [1.82, 2.24) is 15.5 Å². The monoisotopic (exact) mass is 560 g/mol. The van der Waals surface area contributed by atoms with Gasteiger partial charge in [-0.15, -0.1) is 24.0 Å². The highest BCUT2D eigenvalue weighted by atomic mass is 127. The third-order valence-electron chi connectivity index (χ3n) is 4.12. The summed E-state index contributed by atoms with van der Waals surface area (Å²) in [4.78, 5) is 5.85. The van der Waals surface area contributed by atoms with Crippen LogP contribution in [-0.4, -0.2) is 70.1 Å². The van der Waals surface area contributed by atoms with Crippen LogP contribution in [0.25, 0.3) is 0 Å². The van der Waals surface area contributed by atoms with Gasteiger partial charge in [-0.05, 0) is 52.4 Å². The van der Waals surface area contributed by atoms with E-state index >= 15 is 0 Å². The van der Waals surface area contributed by atoms with Gasteiger partial charge < -0.3 is 20.1 Å². The van der Waals surface area contributed by atoms with E-state index in [2.05, 4.69) is 15.6 Å². The number of ether oxygens (including phenoxy) is 2. The molecule has 0 saturated carbocycles. The number of aryl methyl sites for hydroxylation is 1. The maximum Gasteiger partial charge on any atom is 0.401 e. The molecule has 1 rings (SSSR count). The van der Waals surface area contributed by atoms with E-state index in [0.29, 0.717) is 58.4 Å². The molecule has 0 fully saturated rings. The van der Waals surface area contributed by atoms with Gasteiger partial charge in [-0.1, -0.05) is 12.1 Å². The summed E-state index contributed by atoms with van der Waals surface area (Å²) >= 11 is 0.